The van der Waals surface area contributed by atoms with Gasteiger partial charge in [-0.15, -0.1) is 11.3 Å². The smallest absolute Gasteiger partial charge is 0.253 e. The zero-order valence-corrected chi connectivity index (χ0v) is 19.0. The predicted octanol–water partition coefficient (Wildman–Crippen LogP) is 4.90. The van der Waals surface area contributed by atoms with Crippen molar-refractivity contribution in [2.45, 2.75) is 36.1 Å². The van der Waals surface area contributed by atoms with Crippen LogP contribution >= 0.6 is 34.9 Å². The van der Waals surface area contributed by atoms with Crippen LogP contribution in [0.4, 0.5) is 17.1 Å². The van der Waals surface area contributed by atoms with Gasteiger partial charge in [0.15, 0.2) is 5.75 Å². The molecule has 1 heterocycles. The Morgan fingerprint density at radius 1 is 1.13 bits per heavy atom. The van der Waals surface area contributed by atoms with Crippen molar-refractivity contribution in [1.29, 1.82) is 0 Å². The molecule has 0 bridgehead atoms. The Morgan fingerprint density at radius 2 is 1.83 bits per heavy atom. The summed E-state index contributed by atoms with van der Waals surface area (Å²) in [6.07, 6.45) is 3.93. The number of hydrogen-bond donors (Lipinski definition) is 3. The van der Waals surface area contributed by atoms with E-state index in [1.807, 2.05) is 25.5 Å². The molecule has 0 atom stereocenters. The molecule has 1 aliphatic carbocycles. The third-order valence-corrected chi connectivity index (χ3v) is 7.80. The fourth-order valence-electron chi connectivity index (χ4n) is 3.88. The standard InChI is InChI=1S/C21H22ClN3O3S2/c1-25(2)30-20-12(22)7-8-13(17(20)26)23-15-16(19(28)18(15)27)24-21(9-3-4-10-21)14-6-5-11-29-14/h5-8,11,23-24,26H,3-4,9-10H2,1-2H3. The van der Waals surface area contributed by atoms with E-state index in [4.69, 9.17) is 11.6 Å². The highest BCUT2D eigenvalue weighted by atomic mass is 35.5. The van der Waals surface area contributed by atoms with Gasteiger partial charge >= 0.3 is 0 Å². The van der Waals surface area contributed by atoms with Gasteiger partial charge in [-0.3, -0.25) is 13.9 Å². The number of phenols is 1. The molecular formula is C21H22ClN3O3S2. The van der Waals surface area contributed by atoms with Crippen molar-refractivity contribution in [3.05, 3.63) is 60.0 Å². The van der Waals surface area contributed by atoms with Crippen molar-refractivity contribution in [2.24, 2.45) is 0 Å². The van der Waals surface area contributed by atoms with Crippen molar-refractivity contribution >= 4 is 51.9 Å². The number of rotatable bonds is 7. The highest BCUT2D eigenvalue weighted by Gasteiger charge is 2.39. The topological polar surface area (TPSA) is 81.7 Å². The van der Waals surface area contributed by atoms with Crippen molar-refractivity contribution in [1.82, 2.24) is 4.31 Å². The van der Waals surface area contributed by atoms with E-state index in [0.29, 0.717) is 15.6 Å². The van der Waals surface area contributed by atoms with Crippen LogP contribution in [0.5, 0.6) is 5.75 Å². The molecule has 6 nitrogen and oxygen atoms in total. The van der Waals surface area contributed by atoms with Crippen molar-refractivity contribution in [2.75, 3.05) is 24.7 Å². The second-order valence-corrected chi connectivity index (χ2v) is 10.3. The summed E-state index contributed by atoms with van der Waals surface area (Å²) in [6.45, 7) is 0. The second-order valence-electron chi connectivity index (χ2n) is 7.60. The highest BCUT2D eigenvalue weighted by molar-refractivity contribution is 7.97. The summed E-state index contributed by atoms with van der Waals surface area (Å²) in [5.41, 5.74) is -0.659. The van der Waals surface area contributed by atoms with Gasteiger partial charge in [0.2, 0.25) is 0 Å². The van der Waals surface area contributed by atoms with Crippen molar-refractivity contribution < 1.29 is 5.11 Å². The van der Waals surface area contributed by atoms with E-state index in [1.165, 1.54) is 11.9 Å². The first-order valence-corrected chi connectivity index (χ1v) is 11.6. The zero-order valence-electron chi connectivity index (χ0n) is 16.6. The quantitative estimate of drug-likeness (QED) is 0.261. The maximum Gasteiger partial charge on any atom is 0.253 e. The van der Waals surface area contributed by atoms with Crippen LogP contribution < -0.4 is 21.5 Å². The molecule has 0 radical (unpaired) electrons. The molecule has 0 unspecified atom stereocenters. The van der Waals surface area contributed by atoms with E-state index in [9.17, 15) is 14.7 Å². The molecule has 2 aromatic carbocycles. The van der Waals surface area contributed by atoms with Gasteiger partial charge in [-0.1, -0.05) is 30.5 Å². The van der Waals surface area contributed by atoms with Gasteiger partial charge in [0.1, 0.15) is 11.4 Å². The minimum absolute atomic E-state index is 0.0611. The van der Waals surface area contributed by atoms with E-state index >= 15 is 0 Å². The number of anilines is 3. The summed E-state index contributed by atoms with van der Waals surface area (Å²) in [5, 5.41) is 19.5. The molecule has 0 aliphatic heterocycles. The summed E-state index contributed by atoms with van der Waals surface area (Å²) >= 11 is 9.14. The van der Waals surface area contributed by atoms with Gasteiger partial charge in [-0.05, 0) is 62.5 Å². The van der Waals surface area contributed by atoms with Gasteiger partial charge in [0.25, 0.3) is 10.9 Å². The van der Waals surface area contributed by atoms with Crippen LogP contribution in [-0.2, 0) is 5.54 Å². The maximum absolute atomic E-state index is 12.4. The number of hydrogen-bond acceptors (Lipinski definition) is 8. The zero-order chi connectivity index (χ0) is 21.5. The first-order chi connectivity index (χ1) is 14.3. The van der Waals surface area contributed by atoms with E-state index in [2.05, 4.69) is 16.7 Å². The van der Waals surface area contributed by atoms with E-state index in [1.54, 1.807) is 27.8 Å². The van der Waals surface area contributed by atoms with Crippen LogP contribution in [0, 0.1) is 0 Å². The lowest BCUT2D eigenvalue weighted by Gasteiger charge is -2.32. The molecule has 1 aliphatic rings. The fraction of sp³-hybridized carbons (Fsp3) is 0.333. The molecule has 30 heavy (non-hydrogen) atoms. The molecule has 4 rings (SSSR count). The Hall–Kier alpha value is -2.00. The number of nitrogens with zero attached hydrogens (tertiary/aromatic N) is 1. The van der Waals surface area contributed by atoms with Crippen molar-refractivity contribution in [3.8, 4) is 5.75 Å². The largest absolute Gasteiger partial charge is 0.505 e. The molecule has 1 fully saturated rings. The minimum Gasteiger partial charge on any atom is -0.505 e. The van der Waals surface area contributed by atoms with Gasteiger partial charge in [0.05, 0.1) is 21.1 Å². The van der Waals surface area contributed by atoms with Crippen LogP contribution in [0.15, 0.2) is 44.1 Å². The van der Waals surface area contributed by atoms with Gasteiger partial charge in [0, 0.05) is 4.88 Å². The van der Waals surface area contributed by atoms with Crippen LogP contribution in [0.2, 0.25) is 5.02 Å². The predicted molar refractivity (Wildman–Crippen MR) is 125 cm³/mol. The van der Waals surface area contributed by atoms with Crippen LogP contribution in [0.25, 0.3) is 0 Å². The van der Waals surface area contributed by atoms with E-state index < -0.39 is 10.9 Å². The summed E-state index contributed by atoms with van der Waals surface area (Å²) in [7, 11) is 3.68. The summed E-state index contributed by atoms with van der Waals surface area (Å²) < 4.78 is 1.81. The number of aromatic hydroxyl groups is 1. The first kappa shape index (κ1) is 21.2. The second kappa shape index (κ2) is 8.26. The highest BCUT2D eigenvalue weighted by Crippen LogP contribution is 2.45. The lowest BCUT2D eigenvalue weighted by atomic mass is 9.94. The fourth-order valence-corrected chi connectivity index (χ4v) is 5.80. The number of nitrogens with one attached hydrogen (secondary N) is 2. The van der Waals surface area contributed by atoms with Crippen LogP contribution in [0.3, 0.4) is 0 Å². The van der Waals surface area contributed by atoms with Gasteiger partial charge in [-0.2, -0.15) is 0 Å². The summed E-state index contributed by atoms with van der Waals surface area (Å²) in [5.74, 6) is -0.0611. The molecule has 3 N–H and O–H groups in total. The Morgan fingerprint density at radius 3 is 2.47 bits per heavy atom. The Balaban J connectivity index is 1.67. The molecule has 0 spiro atoms. The minimum atomic E-state index is -0.590. The third-order valence-electron chi connectivity index (χ3n) is 5.34. The first-order valence-electron chi connectivity index (χ1n) is 9.61. The third kappa shape index (κ3) is 3.73. The normalized spacial score (nSPS) is 15.7. The molecule has 158 valence electrons. The number of phenolic OH excluding ortho intramolecular Hbond substituents is 1. The Bertz CT molecular complexity index is 1130. The van der Waals surface area contributed by atoms with E-state index in [0.717, 1.165) is 30.6 Å². The monoisotopic (exact) mass is 463 g/mol. The Labute approximate surface area is 187 Å². The molecule has 1 saturated carbocycles. The molecule has 0 saturated heterocycles. The van der Waals surface area contributed by atoms with Crippen molar-refractivity contribution in [3.63, 3.8) is 0 Å². The Kier molecular flexibility index (Phi) is 5.85. The molecular weight excluding hydrogens is 442 g/mol. The van der Waals surface area contributed by atoms with E-state index in [-0.39, 0.29) is 22.7 Å². The molecule has 0 amide bonds. The number of thiophene rings is 1. The molecule has 1 aromatic heterocycles. The molecule has 9 heteroatoms. The lowest BCUT2D eigenvalue weighted by Crippen LogP contribution is -2.42. The number of halogens is 1. The van der Waals surface area contributed by atoms with Gasteiger partial charge in [-0.25, -0.2) is 0 Å². The maximum atomic E-state index is 12.4. The average Bonchev–Trinajstić information content (AvgIpc) is 3.41. The van der Waals surface area contributed by atoms with Gasteiger partial charge < -0.3 is 15.7 Å². The summed E-state index contributed by atoms with van der Waals surface area (Å²) in [6, 6.07) is 7.32. The lowest BCUT2D eigenvalue weighted by molar-refractivity contribution is 0.464. The average molecular weight is 464 g/mol. The molecule has 3 aromatic rings. The van der Waals surface area contributed by atoms with Crippen LogP contribution in [0.1, 0.15) is 30.6 Å². The summed E-state index contributed by atoms with van der Waals surface area (Å²) in [4.78, 5) is 26.4. The van der Waals surface area contributed by atoms with Crippen LogP contribution in [-0.4, -0.2) is 23.5 Å². The SMILES string of the molecule is CN(C)Sc1c(Cl)ccc(Nc2c(NC3(c4cccs4)CCCC3)c(=O)c2=O)c1O. The number of benzene rings is 1.